The van der Waals surface area contributed by atoms with E-state index in [9.17, 15) is 4.79 Å². The number of hydrogen-bond acceptors (Lipinski definition) is 2. The number of likely N-dealkylation sites (N-methyl/N-ethyl adjacent to an activating group) is 1. The van der Waals surface area contributed by atoms with Gasteiger partial charge in [0.05, 0.1) is 0 Å². The first-order valence-electron chi connectivity index (χ1n) is 7.52. The molecule has 0 aromatic heterocycles. The van der Waals surface area contributed by atoms with Gasteiger partial charge in [-0.3, -0.25) is 9.69 Å². The Labute approximate surface area is 122 Å². The number of likely N-dealkylation sites (tertiary alicyclic amines) is 1. The van der Waals surface area contributed by atoms with E-state index in [-0.39, 0.29) is 17.5 Å². The summed E-state index contributed by atoms with van der Waals surface area (Å²) in [7, 11) is 3.96. The average Bonchev–Trinajstić information content (AvgIpc) is 2.82. The van der Waals surface area contributed by atoms with Crippen molar-refractivity contribution in [2.24, 2.45) is 0 Å². The maximum Gasteiger partial charge on any atom is 0.244 e. The summed E-state index contributed by atoms with van der Waals surface area (Å²) in [5, 5.41) is 0. The van der Waals surface area contributed by atoms with Crippen molar-refractivity contribution in [1.82, 2.24) is 9.80 Å². The number of amides is 1. The number of carbonyl (C=O) groups excluding carboxylic acids is 1. The molecule has 110 valence electrons. The third kappa shape index (κ3) is 2.73. The highest BCUT2D eigenvalue weighted by atomic mass is 16.2. The van der Waals surface area contributed by atoms with Crippen LogP contribution in [-0.4, -0.2) is 41.9 Å². The van der Waals surface area contributed by atoms with E-state index in [2.05, 4.69) is 18.7 Å². The first-order chi connectivity index (χ1) is 9.49. The van der Waals surface area contributed by atoms with Crippen molar-refractivity contribution in [2.45, 2.75) is 44.7 Å². The summed E-state index contributed by atoms with van der Waals surface area (Å²) in [4.78, 5) is 17.2. The van der Waals surface area contributed by atoms with Gasteiger partial charge in [-0.2, -0.15) is 0 Å². The molecule has 0 bridgehead atoms. The van der Waals surface area contributed by atoms with Crippen LogP contribution in [-0.2, 0) is 4.79 Å². The van der Waals surface area contributed by atoms with Gasteiger partial charge < -0.3 is 4.90 Å². The molecule has 1 aromatic carbocycles. The van der Waals surface area contributed by atoms with Gasteiger partial charge in [-0.15, -0.1) is 0 Å². The summed E-state index contributed by atoms with van der Waals surface area (Å²) in [6.07, 6.45) is 3.25. The fourth-order valence-electron chi connectivity index (χ4n) is 3.21. The second kappa shape index (κ2) is 5.96. The zero-order valence-electron chi connectivity index (χ0n) is 13.1. The zero-order valence-corrected chi connectivity index (χ0v) is 13.1. The molecular formula is C17H26N2O. The second-order valence-corrected chi connectivity index (χ2v) is 6.22. The molecule has 1 aliphatic heterocycles. The molecule has 0 saturated carbocycles. The van der Waals surface area contributed by atoms with Crippen molar-refractivity contribution in [2.75, 3.05) is 20.6 Å². The molecule has 1 fully saturated rings. The second-order valence-electron chi connectivity index (χ2n) is 6.22. The molecule has 1 heterocycles. The summed E-state index contributed by atoms with van der Waals surface area (Å²) < 4.78 is 0. The topological polar surface area (TPSA) is 23.6 Å². The number of nitrogens with zero attached hydrogens (tertiary/aromatic N) is 2. The Bertz CT molecular complexity index is 457. The third-order valence-electron chi connectivity index (χ3n) is 4.64. The van der Waals surface area contributed by atoms with E-state index in [1.165, 1.54) is 0 Å². The summed E-state index contributed by atoms with van der Waals surface area (Å²) in [6, 6.07) is 9.90. The molecular weight excluding hydrogens is 248 g/mol. The molecule has 1 aliphatic rings. The van der Waals surface area contributed by atoms with Crippen LogP contribution >= 0.6 is 0 Å². The van der Waals surface area contributed by atoms with Crippen LogP contribution in [0.2, 0.25) is 0 Å². The first-order valence-corrected chi connectivity index (χ1v) is 7.52. The quantitative estimate of drug-likeness (QED) is 0.842. The van der Waals surface area contributed by atoms with Crippen LogP contribution in [0.25, 0.3) is 0 Å². The van der Waals surface area contributed by atoms with Gasteiger partial charge in [-0.25, -0.2) is 0 Å². The average molecular weight is 274 g/mol. The maximum absolute atomic E-state index is 13.0. The zero-order chi connectivity index (χ0) is 14.8. The van der Waals surface area contributed by atoms with Gasteiger partial charge >= 0.3 is 0 Å². The summed E-state index contributed by atoms with van der Waals surface area (Å²) >= 11 is 0. The van der Waals surface area contributed by atoms with Gasteiger partial charge in [0.1, 0.15) is 6.04 Å². The van der Waals surface area contributed by atoms with Gasteiger partial charge in [0.15, 0.2) is 0 Å². The van der Waals surface area contributed by atoms with E-state index in [1.807, 2.05) is 49.3 Å². The van der Waals surface area contributed by atoms with Crippen molar-refractivity contribution >= 4 is 5.91 Å². The summed E-state index contributed by atoms with van der Waals surface area (Å²) in [5.41, 5.74) is 1.10. The minimum Gasteiger partial charge on any atom is -0.336 e. The molecule has 0 N–H and O–H groups in total. The van der Waals surface area contributed by atoms with Crippen LogP contribution in [0.5, 0.6) is 0 Å². The lowest BCUT2D eigenvalue weighted by molar-refractivity contribution is -0.140. The lowest BCUT2D eigenvalue weighted by Gasteiger charge is -2.38. The van der Waals surface area contributed by atoms with E-state index in [0.29, 0.717) is 0 Å². The molecule has 2 rings (SSSR count). The van der Waals surface area contributed by atoms with Crippen LogP contribution in [0.1, 0.15) is 44.7 Å². The Morgan fingerprint density at radius 3 is 2.55 bits per heavy atom. The standard InChI is InChI=1S/C17H26N2O/c1-5-17(2)12-9-13-19(17)16(20)15(18(3)4)14-10-7-6-8-11-14/h6-8,10-11,15H,5,9,12-13H2,1-4H3/t15-,17?/m0/s1. The van der Waals surface area contributed by atoms with Gasteiger partial charge in [0, 0.05) is 12.1 Å². The molecule has 1 unspecified atom stereocenters. The molecule has 1 aromatic rings. The highest BCUT2D eigenvalue weighted by Crippen LogP contribution is 2.35. The van der Waals surface area contributed by atoms with Crippen LogP contribution in [0.15, 0.2) is 30.3 Å². The van der Waals surface area contributed by atoms with E-state index < -0.39 is 0 Å². The normalized spacial score (nSPS) is 24.1. The molecule has 3 nitrogen and oxygen atoms in total. The number of benzene rings is 1. The Morgan fingerprint density at radius 2 is 2.00 bits per heavy atom. The van der Waals surface area contributed by atoms with Gasteiger partial charge in [0.25, 0.3) is 0 Å². The Hall–Kier alpha value is -1.35. The van der Waals surface area contributed by atoms with E-state index in [0.717, 1.165) is 31.4 Å². The number of hydrogen-bond donors (Lipinski definition) is 0. The number of rotatable bonds is 4. The minimum atomic E-state index is -0.180. The van der Waals surface area contributed by atoms with E-state index in [1.54, 1.807) is 0 Å². The van der Waals surface area contributed by atoms with E-state index >= 15 is 0 Å². The highest BCUT2D eigenvalue weighted by molar-refractivity contribution is 5.84. The largest absolute Gasteiger partial charge is 0.336 e. The van der Waals surface area contributed by atoms with Crippen molar-refractivity contribution in [3.8, 4) is 0 Å². The van der Waals surface area contributed by atoms with Crippen molar-refractivity contribution in [1.29, 1.82) is 0 Å². The Morgan fingerprint density at radius 1 is 1.35 bits per heavy atom. The van der Waals surface area contributed by atoms with Crippen LogP contribution in [0.4, 0.5) is 0 Å². The lowest BCUT2D eigenvalue weighted by atomic mass is 9.94. The lowest BCUT2D eigenvalue weighted by Crippen LogP contribution is -2.49. The van der Waals surface area contributed by atoms with Gasteiger partial charge in [-0.1, -0.05) is 37.3 Å². The molecule has 0 aliphatic carbocycles. The SMILES string of the molecule is CCC1(C)CCCN1C(=O)[C@H](c1ccccc1)N(C)C. The van der Waals surface area contributed by atoms with Gasteiger partial charge in [-0.05, 0) is 45.8 Å². The molecule has 2 atom stereocenters. The molecule has 1 amide bonds. The molecule has 0 radical (unpaired) electrons. The van der Waals surface area contributed by atoms with Crippen LogP contribution in [0, 0.1) is 0 Å². The Balaban J connectivity index is 2.29. The monoisotopic (exact) mass is 274 g/mol. The molecule has 3 heteroatoms. The van der Waals surface area contributed by atoms with Crippen LogP contribution < -0.4 is 0 Å². The van der Waals surface area contributed by atoms with Crippen LogP contribution in [0.3, 0.4) is 0 Å². The summed E-state index contributed by atoms with van der Waals surface area (Å²) in [5.74, 6) is 0.239. The van der Waals surface area contributed by atoms with E-state index in [4.69, 9.17) is 0 Å². The van der Waals surface area contributed by atoms with Crippen molar-refractivity contribution < 1.29 is 4.79 Å². The molecule has 20 heavy (non-hydrogen) atoms. The molecule has 1 saturated heterocycles. The number of carbonyl (C=O) groups is 1. The highest BCUT2D eigenvalue weighted by Gasteiger charge is 2.41. The Kier molecular flexibility index (Phi) is 4.48. The predicted octanol–water partition coefficient (Wildman–Crippen LogP) is 3.08. The first kappa shape index (κ1) is 15.0. The van der Waals surface area contributed by atoms with Gasteiger partial charge in [0.2, 0.25) is 5.91 Å². The fourth-order valence-corrected chi connectivity index (χ4v) is 3.21. The minimum absolute atomic E-state index is 0.0279. The maximum atomic E-state index is 13.0. The fraction of sp³-hybridized carbons (Fsp3) is 0.588. The van der Waals surface area contributed by atoms with Crippen molar-refractivity contribution in [3.63, 3.8) is 0 Å². The summed E-state index contributed by atoms with van der Waals surface area (Å²) in [6.45, 7) is 5.29. The smallest absolute Gasteiger partial charge is 0.244 e. The third-order valence-corrected chi connectivity index (χ3v) is 4.64. The van der Waals surface area contributed by atoms with Crippen molar-refractivity contribution in [3.05, 3.63) is 35.9 Å². The molecule has 0 spiro atoms. The predicted molar refractivity (Wildman–Crippen MR) is 82.5 cm³/mol.